The first kappa shape index (κ1) is 12.0. The van der Waals surface area contributed by atoms with E-state index in [-0.39, 0.29) is 17.0 Å². The van der Waals surface area contributed by atoms with Crippen LogP contribution in [-0.2, 0) is 6.18 Å². The van der Waals surface area contributed by atoms with Gasteiger partial charge in [-0.2, -0.15) is 13.2 Å². The van der Waals surface area contributed by atoms with Crippen molar-refractivity contribution in [1.29, 1.82) is 0 Å². The molecule has 92 valence electrons. The zero-order valence-electron chi connectivity index (χ0n) is 8.92. The number of hydrogen-bond donors (Lipinski definition) is 1. The van der Waals surface area contributed by atoms with E-state index in [4.69, 9.17) is 5.11 Å². The lowest BCUT2D eigenvalue weighted by Gasteiger charge is -2.28. The summed E-state index contributed by atoms with van der Waals surface area (Å²) in [7, 11) is 0. The van der Waals surface area contributed by atoms with Gasteiger partial charge in [-0.3, -0.25) is 0 Å². The zero-order chi connectivity index (χ0) is 12.6. The van der Waals surface area contributed by atoms with E-state index in [9.17, 15) is 18.0 Å². The highest BCUT2D eigenvalue weighted by atomic mass is 19.4. The third-order valence-electron chi connectivity index (χ3n) is 3.15. The standard InChI is InChI=1S/C12H11F3O2/c13-12(14,15)10-6-8(11(16)17)4-5-9(10)7-2-1-3-7/h4-7H,1-3H2,(H,16,17). The average molecular weight is 244 g/mol. The van der Waals surface area contributed by atoms with Gasteiger partial charge in [0.1, 0.15) is 0 Å². The Kier molecular flexibility index (Phi) is 2.85. The fourth-order valence-electron chi connectivity index (χ4n) is 2.01. The van der Waals surface area contributed by atoms with Crippen molar-refractivity contribution >= 4 is 5.97 Å². The predicted molar refractivity (Wildman–Crippen MR) is 55.0 cm³/mol. The lowest BCUT2D eigenvalue weighted by molar-refractivity contribution is -0.138. The summed E-state index contributed by atoms with van der Waals surface area (Å²) in [6.45, 7) is 0. The Morgan fingerprint density at radius 1 is 1.29 bits per heavy atom. The number of rotatable bonds is 2. The van der Waals surface area contributed by atoms with E-state index in [0.717, 1.165) is 25.3 Å². The molecule has 0 atom stereocenters. The normalized spacial score (nSPS) is 16.6. The molecule has 0 unspecified atom stereocenters. The van der Waals surface area contributed by atoms with E-state index in [2.05, 4.69) is 0 Å². The van der Waals surface area contributed by atoms with E-state index in [1.807, 2.05) is 0 Å². The molecule has 1 aromatic carbocycles. The number of hydrogen-bond acceptors (Lipinski definition) is 1. The smallest absolute Gasteiger partial charge is 0.416 e. The quantitative estimate of drug-likeness (QED) is 0.861. The van der Waals surface area contributed by atoms with Gasteiger partial charge in [-0.25, -0.2) is 4.79 Å². The van der Waals surface area contributed by atoms with Gasteiger partial charge >= 0.3 is 12.1 Å². The van der Waals surface area contributed by atoms with Gasteiger partial charge in [-0.05, 0) is 36.5 Å². The molecule has 1 aromatic rings. The van der Waals surface area contributed by atoms with Crippen LogP contribution in [0.4, 0.5) is 13.2 Å². The molecule has 0 spiro atoms. The van der Waals surface area contributed by atoms with E-state index < -0.39 is 17.7 Å². The second-order valence-corrected chi connectivity index (χ2v) is 4.23. The number of carbonyl (C=O) groups is 1. The summed E-state index contributed by atoms with van der Waals surface area (Å²) in [6, 6.07) is 3.28. The highest BCUT2D eigenvalue weighted by Crippen LogP contribution is 2.43. The summed E-state index contributed by atoms with van der Waals surface area (Å²) in [5.74, 6) is -1.41. The summed E-state index contributed by atoms with van der Waals surface area (Å²) < 4.78 is 38.5. The van der Waals surface area contributed by atoms with Crippen molar-refractivity contribution in [1.82, 2.24) is 0 Å². The Morgan fingerprint density at radius 3 is 2.35 bits per heavy atom. The molecule has 1 N–H and O–H groups in total. The largest absolute Gasteiger partial charge is 0.478 e. The summed E-state index contributed by atoms with van der Waals surface area (Å²) >= 11 is 0. The highest BCUT2D eigenvalue weighted by Gasteiger charge is 2.37. The zero-order valence-corrected chi connectivity index (χ0v) is 8.92. The first-order valence-electron chi connectivity index (χ1n) is 5.34. The minimum atomic E-state index is -4.49. The first-order chi connectivity index (χ1) is 7.89. The minimum Gasteiger partial charge on any atom is -0.478 e. The molecule has 0 aromatic heterocycles. The van der Waals surface area contributed by atoms with Gasteiger partial charge < -0.3 is 5.11 Å². The van der Waals surface area contributed by atoms with Crippen LogP contribution in [0.2, 0.25) is 0 Å². The maximum Gasteiger partial charge on any atom is 0.416 e. The second-order valence-electron chi connectivity index (χ2n) is 4.23. The maximum absolute atomic E-state index is 12.8. The van der Waals surface area contributed by atoms with E-state index in [1.165, 1.54) is 12.1 Å². The Hall–Kier alpha value is -1.52. The monoisotopic (exact) mass is 244 g/mol. The van der Waals surface area contributed by atoms with Gasteiger partial charge in [-0.15, -0.1) is 0 Å². The molecular formula is C12H11F3O2. The highest BCUT2D eigenvalue weighted by molar-refractivity contribution is 5.88. The third kappa shape index (κ3) is 2.28. The molecule has 2 rings (SSSR count). The summed E-state index contributed by atoms with van der Waals surface area (Å²) in [5, 5.41) is 8.71. The van der Waals surface area contributed by atoms with Crippen molar-refractivity contribution in [2.75, 3.05) is 0 Å². The van der Waals surface area contributed by atoms with Gasteiger partial charge in [0.05, 0.1) is 11.1 Å². The van der Waals surface area contributed by atoms with Gasteiger partial charge in [0.15, 0.2) is 0 Å². The van der Waals surface area contributed by atoms with Crippen molar-refractivity contribution in [3.8, 4) is 0 Å². The van der Waals surface area contributed by atoms with Crippen LogP contribution >= 0.6 is 0 Å². The molecule has 1 saturated carbocycles. The Morgan fingerprint density at radius 2 is 1.94 bits per heavy atom. The maximum atomic E-state index is 12.8. The Labute approximate surface area is 96.1 Å². The second kappa shape index (κ2) is 4.05. The number of halogens is 3. The Balaban J connectivity index is 2.48. The predicted octanol–water partition coefficient (Wildman–Crippen LogP) is 3.67. The van der Waals surface area contributed by atoms with E-state index in [1.54, 1.807) is 0 Å². The number of aromatic carboxylic acids is 1. The van der Waals surface area contributed by atoms with Crippen LogP contribution < -0.4 is 0 Å². The molecule has 5 heteroatoms. The fraction of sp³-hybridized carbons (Fsp3) is 0.417. The van der Waals surface area contributed by atoms with Gasteiger partial charge in [0.25, 0.3) is 0 Å². The van der Waals surface area contributed by atoms with E-state index in [0.29, 0.717) is 0 Å². The molecule has 0 heterocycles. The van der Waals surface area contributed by atoms with Gasteiger partial charge in [0, 0.05) is 0 Å². The van der Waals surface area contributed by atoms with Gasteiger partial charge in [0.2, 0.25) is 0 Å². The molecule has 0 amide bonds. The van der Waals surface area contributed by atoms with Crippen LogP contribution in [0.15, 0.2) is 18.2 Å². The fourth-order valence-corrected chi connectivity index (χ4v) is 2.01. The molecule has 0 saturated heterocycles. The molecule has 0 radical (unpaired) electrons. The van der Waals surface area contributed by atoms with Crippen LogP contribution in [0.25, 0.3) is 0 Å². The van der Waals surface area contributed by atoms with Crippen LogP contribution in [-0.4, -0.2) is 11.1 Å². The molecule has 0 bridgehead atoms. The molecule has 2 nitrogen and oxygen atoms in total. The minimum absolute atomic E-state index is 0.0746. The van der Waals surface area contributed by atoms with Crippen LogP contribution in [0.5, 0.6) is 0 Å². The van der Waals surface area contributed by atoms with Gasteiger partial charge in [-0.1, -0.05) is 12.5 Å². The number of benzene rings is 1. The molecular weight excluding hydrogens is 233 g/mol. The van der Waals surface area contributed by atoms with Crippen molar-refractivity contribution in [2.45, 2.75) is 31.4 Å². The third-order valence-corrected chi connectivity index (χ3v) is 3.15. The molecule has 0 aliphatic heterocycles. The molecule has 1 aliphatic carbocycles. The van der Waals surface area contributed by atoms with Crippen LogP contribution in [0.1, 0.15) is 46.7 Å². The number of carboxylic acid groups (broad SMARTS) is 1. The summed E-state index contributed by atoms with van der Waals surface area (Å²) in [6.07, 6.45) is -2.07. The summed E-state index contributed by atoms with van der Waals surface area (Å²) in [5.41, 5.74) is -0.892. The van der Waals surface area contributed by atoms with Crippen molar-refractivity contribution in [3.05, 3.63) is 34.9 Å². The number of carboxylic acids is 1. The number of alkyl halides is 3. The Bertz CT molecular complexity index is 448. The summed E-state index contributed by atoms with van der Waals surface area (Å²) in [4.78, 5) is 10.7. The van der Waals surface area contributed by atoms with Crippen molar-refractivity contribution < 1.29 is 23.1 Å². The lowest BCUT2D eigenvalue weighted by atomic mass is 9.78. The molecule has 1 fully saturated rings. The van der Waals surface area contributed by atoms with Crippen LogP contribution in [0.3, 0.4) is 0 Å². The first-order valence-corrected chi connectivity index (χ1v) is 5.34. The topological polar surface area (TPSA) is 37.3 Å². The average Bonchev–Trinajstić information content (AvgIpc) is 2.13. The van der Waals surface area contributed by atoms with Crippen molar-refractivity contribution in [2.24, 2.45) is 0 Å². The molecule has 17 heavy (non-hydrogen) atoms. The molecule has 1 aliphatic rings. The van der Waals surface area contributed by atoms with Crippen molar-refractivity contribution in [3.63, 3.8) is 0 Å². The lowest BCUT2D eigenvalue weighted by Crippen LogP contribution is -2.17. The van der Waals surface area contributed by atoms with Crippen LogP contribution in [0, 0.1) is 0 Å². The van der Waals surface area contributed by atoms with E-state index >= 15 is 0 Å². The SMILES string of the molecule is O=C(O)c1ccc(C2CCC2)c(C(F)(F)F)c1.